The maximum absolute atomic E-state index is 11.8. The third-order valence-corrected chi connectivity index (χ3v) is 3.91. The lowest BCUT2D eigenvalue weighted by Gasteiger charge is -2.14. The van der Waals surface area contributed by atoms with Gasteiger partial charge in [0.05, 0.1) is 4.83 Å². The topological polar surface area (TPSA) is 29.1 Å². The average molecular weight is 349 g/mol. The van der Waals surface area contributed by atoms with Crippen molar-refractivity contribution in [3.05, 3.63) is 27.7 Å². The number of halogens is 2. The molecule has 0 aliphatic rings. The number of nitrogens with one attached hydrogen (secondary N) is 1. The Labute approximate surface area is 113 Å². The summed E-state index contributed by atoms with van der Waals surface area (Å²) in [7, 11) is 0. The minimum atomic E-state index is -0.130. The first kappa shape index (κ1) is 13.7. The van der Waals surface area contributed by atoms with Crippen LogP contribution in [0.5, 0.6) is 0 Å². The van der Waals surface area contributed by atoms with Crippen LogP contribution in [0.25, 0.3) is 0 Å². The normalized spacial score (nSPS) is 12.3. The number of alkyl halides is 1. The molecule has 0 aromatic heterocycles. The van der Waals surface area contributed by atoms with E-state index in [1.165, 1.54) is 0 Å². The van der Waals surface area contributed by atoms with E-state index in [4.69, 9.17) is 0 Å². The Bertz CT molecular complexity index is 381. The van der Waals surface area contributed by atoms with E-state index in [9.17, 15) is 4.79 Å². The van der Waals surface area contributed by atoms with Crippen molar-refractivity contribution in [1.82, 2.24) is 0 Å². The van der Waals surface area contributed by atoms with Gasteiger partial charge in [0.15, 0.2) is 0 Å². The monoisotopic (exact) mass is 347 g/mol. The van der Waals surface area contributed by atoms with E-state index in [1.807, 2.05) is 32.9 Å². The number of hydrogen-bond acceptors (Lipinski definition) is 1. The molecule has 0 aliphatic heterocycles. The highest BCUT2D eigenvalue weighted by Crippen LogP contribution is 2.25. The van der Waals surface area contributed by atoms with Gasteiger partial charge in [-0.15, -0.1) is 0 Å². The molecule has 0 aliphatic carbocycles. The number of carbonyl (C=O) groups excluding carboxylic acids is 1. The molecule has 2 nitrogen and oxygen atoms in total. The van der Waals surface area contributed by atoms with Crippen LogP contribution >= 0.6 is 31.9 Å². The SMILES string of the molecule is CCC(Br)C(=O)Nc1c(C)cc(Br)cc1C. The van der Waals surface area contributed by atoms with Crippen LogP contribution < -0.4 is 5.32 Å². The van der Waals surface area contributed by atoms with Crippen LogP contribution in [0.3, 0.4) is 0 Å². The van der Waals surface area contributed by atoms with Crippen molar-refractivity contribution in [2.75, 3.05) is 5.32 Å². The second kappa shape index (κ2) is 5.82. The van der Waals surface area contributed by atoms with Crippen molar-refractivity contribution in [2.24, 2.45) is 0 Å². The molecule has 0 bridgehead atoms. The lowest BCUT2D eigenvalue weighted by atomic mass is 10.1. The first-order valence-corrected chi connectivity index (χ1v) is 6.88. The fourth-order valence-electron chi connectivity index (χ4n) is 1.49. The van der Waals surface area contributed by atoms with Gasteiger partial charge in [-0.1, -0.05) is 38.8 Å². The summed E-state index contributed by atoms with van der Waals surface area (Å²) in [6.45, 7) is 5.95. The minimum Gasteiger partial charge on any atom is -0.325 e. The average Bonchev–Trinajstić information content (AvgIpc) is 2.21. The fourth-order valence-corrected chi connectivity index (χ4v) is 2.30. The van der Waals surface area contributed by atoms with E-state index in [-0.39, 0.29) is 10.7 Å². The van der Waals surface area contributed by atoms with Gasteiger partial charge < -0.3 is 5.32 Å². The molecular formula is C12H15Br2NO. The Balaban J connectivity index is 2.93. The van der Waals surface area contributed by atoms with E-state index in [0.717, 1.165) is 27.7 Å². The predicted molar refractivity (Wildman–Crippen MR) is 75.3 cm³/mol. The molecular weight excluding hydrogens is 334 g/mol. The molecule has 0 fully saturated rings. The molecule has 1 amide bonds. The van der Waals surface area contributed by atoms with E-state index >= 15 is 0 Å². The summed E-state index contributed by atoms with van der Waals surface area (Å²) in [4.78, 5) is 11.6. The van der Waals surface area contributed by atoms with Gasteiger partial charge in [0, 0.05) is 10.2 Å². The molecule has 0 saturated heterocycles. The Morgan fingerprint density at radius 1 is 1.38 bits per heavy atom. The smallest absolute Gasteiger partial charge is 0.238 e. The van der Waals surface area contributed by atoms with Crippen molar-refractivity contribution >= 4 is 43.5 Å². The van der Waals surface area contributed by atoms with Crippen LogP contribution in [0, 0.1) is 13.8 Å². The van der Waals surface area contributed by atoms with Crippen molar-refractivity contribution in [1.29, 1.82) is 0 Å². The van der Waals surface area contributed by atoms with Crippen LogP contribution in [0.1, 0.15) is 24.5 Å². The second-order valence-corrected chi connectivity index (χ2v) is 5.80. The van der Waals surface area contributed by atoms with Crippen molar-refractivity contribution in [3.63, 3.8) is 0 Å². The van der Waals surface area contributed by atoms with Gasteiger partial charge in [-0.2, -0.15) is 0 Å². The van der Waals surface area contributed by atoms with Gasteiger partial charge in [0.2, 0.25) is 5.91 Å². The Morgan fingerprint density at radius 3 is 2.31 bits per heavy atom. The second-order valence-electron chi connectivity index (χ2n) is 3.78. The van der Waals surface area contributed by atoms with Gasteiger partial charge in [-0.25, -0.2) is 0 Å². The number of hydrogen-bond donors (Lipinski definition) is 1. The minimum absolute atomic E-state index is 0.0102. The summed E-state index contributed by atoms with van der Waals surface area (Å²) >= 11 is 6.78. The molecule has 0 radical (unpaired) electrons. The quantitative estimate of drug-likeness (QED) is 0.816. The zero-order valence-corrected chi connectivity index (χ0v) is 12.8. The van der Waals surface area contributed by atoms with Gasteiger partial charge in [0.25, 0.3) is 0 Å². The molecule has 4 heteroatoms. The van der Waals surface area contributed by atoms with Gasteiger partial charge >= 0.3 is 0 Å². The number of anilines is 1. The third kappa shape index (κ3) is 3.32. The molecule has 0 spiro atoms. The lowest BCUT2D eigenvalue weighted by molar-refractivity contribution is -0.115. The number of carbonyl (C=O) groups is 1. The summed E-state index contributed by atoms with van der Waals surface area (Å²) in [5.41, 5.74) is 3.04. The predicted octanol–water partition coefficient (Wildman–Crippen LogP) is 4.18. The summed E-state index contributed by atoms with van der Waals surface area (Å²) < 4.78 is 1.03. The highest BCUT2D eigenvalue weighted by Gasteiger charge is 2.14. The molecule has 0 saturated carbocycles. The Morgan fingerprint density at radius 2 is 1.88 bits per heavy atom. The molecule has 1 N–H and O–H groups in total. The summed E-state index contributed by atoms with van der Waals surface area (Å²) in [6, 6.07) is 4.00. The van der Waals surface area contributed by atoms with E-state index < -0.39 is 0 Å². The maximum atomic E-state index is 11.8. The van der Waals surface area contributed by atoms with Crippen LogP contribution in [-0.4, -0.2) is 10.7 Å². The highest BCUT2D eigenvalue weighted by atomic mass is 79.9. The molecule has 16 heavy (non-hydrogen) atoms. The highest BCUT2D eigenvalue weighted by molar-refractivity contribution is 9.10. The molecule has 0 heterocycles. The maximum Gasteiger partial charge on any atom is 0.238 e. The van der Waals surface area contributed by atoms with Crippen LogP contribution in [0.15, 0.2) is 16.6 Å². The third-order valence-electron chi connectivity index (χ3n) is 2.39. The van der Waals surface area contributed by atoms with Crippen molar-refractivity contribution in [3.8, 4) is 0 Å². The van der Waals surface area contributed by atoms with Crippen molar-refractivity contribution < 1.29 is 4.79 Å². The first-order valence-electron chi connectivity index (χ1n) is 5.17. The van der Waals surface area contributed by atoms with Crippen molar-refractivity contribution in [2.45, 2.75) is 32.0 Å². The zero-order valence-electron chi connectivity index (χ0n) is 9.60. The van der Waals surface area contributed by atoms with Gasteiger partial charge in [-0.3, -0.25) is 4.79 Å². The van der Waals surface area contributed by atoms with Gasteiger partial charge in [0.1, 0.15) is 0 Å². The zero-order chi connectivity index (χ0) is 12.3. The molecule has 1 aromatic carbocycles. The molecule has 1 unspecified atom stereocenters. The van der Waals surface area contributed by atoms with E-state index in [2.05, 4.69) is 37.2 Å². The number of rotatable bonds is 3. The van der Waals surface area contributed by atoms with E-state index in [0.29, 0.717) is 0 Å². The summed E-state index contributed by atoms with van der Waals surface area (Å²) in [5.74, 6) is 0.0102. The van der Waals surface area contributed by atoms with Gasteiger partial charge in [-0.05, 0) is 43.5 Å². The van der Waals surface area contributed by atoms with Crippen LogP contribution in [-0.2, 0) is 4.79 Å². The molecule has 1 aromatic rings. The molecule has 1 rings (SSSR count). The number of amides is 1. The molecule has 88 valence electrons. The van der Waals surface area contributed by atoms with Crippen LogP contribution in [0.4, 0.5) is 5.69 Å². The fraction of sp³-hybridized carbons (Fsp3) is 0.417. The summed E-state index contributed by atoms with van der Waals surface area (Å²) in [5, 5.41) is 2.95. The lowest BCUT2D eigenvalue weighted by Crippen LogP contribution is -2.23. The van der Waals surface area contributed by atoms with E-state index in [1.54, 1.807) is 0 Å². The Kier molecular flexibility index (Phi) is 4.99. The molecule has 1 atom stereocenters. The first-order chi connectivity index (χ1) is 7.45. The standard InChI is InChI=1S/C12H15Br2NO/c1-4-10(14)12(16)15-11-7(2)5-9(13)6-8(11)3/h5-6,10H,4H2,1-3H3,(H,15,16). The largest absolute Gasteiger partial charge is 0.325 e. The Hall–Kier alpha value is -0.350. The number of aryl methyl sites for hydroxylation is 2. The summed E-state index contributed by atoms with van der Waals surface area (Å²) in [6.07, 6.45) is 0.778. The van der Waals surface area contributed by atoms with Crippen LogP contribution in [0.2, 0.25) is 0 Å². The number of benzene rings is 1.